The van der Waals surface area contributed by atoms with Crippen molar-refractivity contribution >= 4 is 45.0 Å². The Morgan fingerprint density at radius 1 is 1.13 bits per heavy atom. The first-order chi connectivity index (χ1) is 11.0. The second kappa shape index (κ2) is 6.71. The molecule has 1 amide bonds. The van der Waals surface area contributed by atoms with E-state index in [0.717, 1.165) is 27.0 Å². The number of halogens is 3. The minimum absolute atomic E-state index is 0.225. The molecular formula is C16H9F2IN2OS. The summed E-state index contributed by atoms with van der Waals surface area (Å²) in [7, 11) is 0. The van der Waals surface area contributed by atoms with Crippen molar-refractivity contribution in [2.75, 3.05) is 5.32 Å². The smallest absolute Gasteiger partial charge is 0.260 e. The number of hydrogen-bond donors (Lipinski definition) is 1. The number of thiazole rings is 1. The molecule has 0 bridgehead atoms. The monoisotopic (exact) mass is 442 g/mol. The van der Waals surface area contributed by atoms with Crippen molar-refractivity contribution in [1.82, 2.24) is 4.98 Å². The molecule has 3 rings (SSSR count). The number of rotatable bonds is 3. The van der Waals surface area contributed by atoms with E-state index in [4.69, 9.17) is 0 Å². The van der Waals surface area contributed by atoms with Crippen molar-refractivity contribution in [2.45, 2.75) is 0 Å². The maximum Gasteiger partial charge on any atom is 0.260 e. The second-order valence-corrected chi connectivity index (χ2v) is 6.73. The summed E-state index contributed by atoms with van der Waals surface area (Å²) in [5, 5.41) is 4.68. The van der Waals surface area contributed by atoms with Crippen LogP contribution in [0.3, 0.4) is 0 Å². The average molecular weight is 442 g/mol. The van der Waals surface area contributed by atoms with Gasteiger partial charge in [-0.1, -0.05) is 12.1 Å². The van der Waals surface area contributed by atoms with Crippen LogP contribution < -0.4 is 5.32 Å². The lowest BCUT2D eigenvalue weighted by atomic mass is 10.2. The summed E-state index contributed by atoms with van der Waals surface area (Å²) < 4.78 is 27.6. The topological polar surface area (TPSA) is 42.0 Å². The number of carbonyl (C=O) groups is 1. The number of aromatic nitrogens is 1. The van der Waals surface area contributed by atoms with E-state index in [9.17, 15) is 13.6 Å². The van der Waals surface area contributed by atoms with Gasteiger partial charge in [0.1, 0.15) is 11.6 Å². The standard InChI is InChI=1S/C16H9F2IN2OS/c17-10-3-6-12(13(18)7-10)15(22)21-16-20-14(8-23-16)9-1-4-11(19)5-2-9/h1-8H,(H,20,21,22). The lowest BCUT2D eigenvalue weighted by Gasteiger charge is -2.03. The van der Waals surface area contributed by atoms with Gasteiger partial charge in [0.2, 0.25) is 0 Å². The fourth-order valence-corrected chi connectivity index (χ4v) is 3.00. The highest BCUT2D eigenvalue weighted by atomic mass is 127. The molecule has 1 N–H and O–H groups in total. The van der Waals surface area contributed by atoms with Crippen molar-refractivity contribution in [3.63, 3.8) is 0 Å². The third kappa shape index (κ3) is 3.73. The van der Waals surface area contributed by atoms with Crippen LogP contribution in [0, 0.1) is 15.2 Å². The predicted molar refractivity (Wildman–Crippen MR) is 94.6 cm³/mol. The first-order valence-corrected chi connectivity index (χ1v) is 8.46. The Morgan fingerprint density at radius 3 is 2.57 bits per heavy atom. The SMILES string of the molecule is O=C(Nc1nc(-c2ccc(I)cc2)cs1)c1ccc(F)cc1F. The molecule has 7 heteroatoms. The molecule has 0 unspecified atom stereocenters. The molecule has 1 heterocycles. The molecule has 0 fully saturated rings. The predicted octanol–water partition coefficient (Wildman–Crippen LogP) is 4.95. The van der Waals surface area contributed by atoms with Crippen molar-refractivity contribution < 1.29 is 13.6 Å². The van der Waals surface area contributed by atoms with Crippen LogP contribution in [-0.2, 0) is 0 Å². The van der Waals surface area contributed by atoms with Gasteiger partial charge in [-0.15, -0.1) is 11.3 Å². The third-order valence-electron chi connectivity index (χ3n) is 3.04. The van der Waals surface area contributed by atoms with Gasteiger partial charge in [-0.3, -0.25) is 10.1 Å². The van der Waals surface area contributed by atoms with E-state index in [1.807, 2.05) is 24.3 Å². The van der Waals surface area contributed by atoms with Crippen LogP contribution in [0.4, 0.5) is 13.9 Å². The van der Waals surface area contributed by atoms with Gasteiger partial charge in [-0.25, -0.2) is 13.8 Å². The van der Waals surface area contributed by atoms with E-state index in [1.54, 1.807) is 5.38 Å². The van der Waals surface area contributed by atoms with E-state index in [0.29, 0.717) is 11.2 Å². The van der Waals surface area contributed by atoms with Gasteiger partial charge in [0, 0.05) is 20.6 Å². The third-order valence-corrected chi connectivity index (χ3v) is 4.52. The van der Waals surface area contributed by atoms with E-state index < -0.39 is 17.5 Å². The minimum Gasteiger partial charge on any atom is -0.298 e. The van der Waals surface area contributed by atoms with Crippen LogP contribution >= 0.6 is 33.9 Å². The highest BCUT2D eigenvalue weighted by Gasteiger charge is 2.14. The summed E-state index contributed by atoms with van der Waals surface area (Å²) >= 11 is 3.45. The fourth-order valence-electron chi connectivity index (χ4n) is 1.92. The Hall–Kier alpha value is -1.87. The van der Waals surface area contributed by atoms with Gasteiger partial charge in [0.25, 0.3) is 5.91 Å². The summed E-state index contributed by atoms with van der Waals surface area (Å²) in [5.41, 5.74) is 1.42. The Morgan fingerprint density at radius 2 is 1.87 bits per heavy atom. The molecule has 116 valence electrons. The van der Waals surface area contributed by atoms with E-state index in [1.165, 1.54) is 11.3 Å². The maximum atomic E-state index is 13.6. The first-order valence-electron chi connectivity index (χ1n) is 6.51. The van der Waals surface area contributed by atoms with Crippen LogP contribution in [-0.4, -0.2) is 10.9 Å². The van der Waals surface area contributed by atoms with Crippen LogP contribution in [0.2, 0.25) is 0 Å². The van der Waals surface area contributed by atoms with Gasteiger partial charge >= 0.3 is 0 Å². The molecule has 0 saturated heterocycles. The van der Waals surface area contributed by atoms with Crippen LogP contribution in [0.25, 0.3) is 11.3 Å². The fraction of sp³-hybridized carbons (Fsp3) is 0. The molecule has 0 aliphatic heterocycles. The number of hydrogen-bond acceptors (Lipinski definition) is 3. The lowest BCUT2D eigenvalue weighted by Crippen LogP contribution is -2.13. The van der Waals surface area contributed by atoms with Crippen molar-refractivity contribution in [2.24, 2.45) is 0 Å². The lowest BCUT2D eigenvalue weighted by molar-refractivity contribution is 0.102. The molecular weight excluding hydrogens is 433 g/mol. The largest absolute Gasteiger partial charge is 0.298 e. The molecule has 2 aromatic carbocycles. The number of benzene rings is 2. The molecule has 0 atom stereocenters. The second-order valence-electron chi connectivity index (χ2n) is 4.62. The molecule has 0 aliphatic rings. The Labute approximate surface area is 148 Å². The molecule has 0 spiro atoms. The van der Waals surface area contributed by atoms with E-state index in [-0.39, 0.29) is 5.56 Å². The summed E-state index contributed by atoms with van der Waals surface area (Å²) in [6.45, 7) is 0. The Bertz CT molecular complexity index is 865. The highest BCUT2D eigenvalue weighted by Crippen LogP contribution is 2.26. The van der Waals surface area contributed by atoms with Crippen molar-refractivity contribution in [3.8, 4) is 11.3 Å². The summed E-state index contributed by atoms with van der Waals surface area (Å²) in [6, 6.07) is 10.6. The van der Waals surface area contributed by atoms with Crippen molar-refractivity contribution in [3.05, 3.63) is 68.6 Å². The van der Waals surface area contributed by atoms with Crippen LogP contribution in [0.1, 0.15) is 10.4 Å². The average Bonchev–Trinajstić information content (AvgIpc) is 2.96. The van der Waals surface area contributed by atoms with Crippen LogP contribution in [0.15, 0.2) is 47.8 Å². The van der Waals surface area contributed by atoms with Gasteiger partial charge in [0.15, 0.2) is 5.13 Å². The summed E-state index contributed by atoms with van der Waals surface area (Å²) in [5.74, 6) is -2.29. The van der Waals surface area contributed by atoms with Gasteiger partial charge < -0.3 is 0 Å². The number of nitrogens with zero attached hydrogens (tertiary/aromatic N) is 1. The molecule has 3 aromatic rings. The summed E-state index contributed by atoms with van der Waals surface area (Å²) in [4.78, 5) is 16.3. The van der Waals surface area contributed by atoms with E-state index in [2.05, 4.69) is 32.9 Å². The Balaban J connectivity index is 1.78. The van der Waals surface area contributed by atoms with Crippen molar-refractivity contribution in [1.29, 1.82) is 0 Å². The number of amides is 1. The van der Waals surface area contributed by atoms with Crippen LogP contribution in [0.5, 0.6) is 0 Å². The highest BCUT2D eigenvalue weighted by molar-refractivity contribution is 14.1. The molecule has 0 radical (unpaired) electrons. The zero-order valence-electron chi connectivity index (χ0n) is 11.5. The molecule has 23 heavy (non-hydrogen) atoms. The maximum absolute atomic E-state index is 13.6. The van der Waals surface area contributed by atoms with E-state index >= 15 is 0 Å². The zero-order chi connectivity index (χ0) is 16.4. The molecule has 1 aromatic heterocycles. The molecule has 0 aliphatic carbocycles. The Kier molecular flexibility index (Phi) is 4.67. The van der Waals surface area contributed by atoms with Gasteiger partial charge in [-0.05, 0) is 46.9 Å². The normalized spacial score (nSPS) is 10.6. The number of carbonyl (C=O) groups excluding carboxylic acids is 1. The molecule has 0 saturated carbocycles. The van der Waals surface area contributed by atoms with Gasteiger partial charge in [0.05, 0.1) is 11.3 Å². The quantitative estimate of drug-likeness (QED) is 0.584. The minimum atomic E-state index is -0.906. The summed E-state index contributed by atoms with van der Waals surface area (Å²) in [6.07, 6.45) is 0. The van der Waals surface area contributed by atoms with Gasteiger partial charge in [-0.2, -0.15) is 0 Å². The number of anilines is 1. The number of nitrogens with one attached hydrogen (secondary N) is 1. The molecule has 3 nitrogen and oxygen atoms in total. The first kappa shape index (κ1) is 16.0. The zero-order valence-corrected chi connectivity index (χ0v) is 14.5.